The number of rotatable bonds is 7. The third-order valence-electron chi connectivity index (χ3n) is 3.64. The van der Waals surface area contributed by atoms with Crippen LogP contribution in [0.25, 0.3) is 0 Å². The number of hydrogen-bond donors (Lipinski definition) is 3. The van der Waals surface area contributed by atoms with Gasteiger partial charge in [-0.2, -0.15) is 0 Å². The Morgan fingerprint density at radius 3 is 2.10 bits per heavy atom. The van der Waals surface area contributed by atoms with Gasteiger partial charge in [0.05, 0.1) is 12.1 Å². The Bertz CT molecular complexity index is 741. The summed E-state index contributed by atoms with van der Waals surface area (Å²) in [6.07, 6.45) is -2.05. The molecule has 0 fully saturated rings. The van der Waals surface area contributed by atoms with Gasteiger partial charge in [-0.25, -0.2) is 19.2 Å². The summed E-state index contributed by atoms with van der Waals surface area (Å²) in [6.45, 7) is 7.96. The zero-order valence-corrected chi connectivity index (χ0v) is 17.3. The van der Waals surface area contributed by atoms with Crippen molar-refractivity contribution < 1.29 is 33.8 Å². The number of ether oxygens (including phenoxy) is 2. The average Bonchev–Trinajstić information content (AvgIpc) is 2.58. The SMILES string of the molecule is CC(C)C[C@@](CNC(=O)OC(=O)c1ccccc1)(NC(=O)OC(C)(C)C)C(=O)O. The Morgan fingerprint density at radius 1 is 1.03 bits per heavy atom. The van der Waals surface area contributed by atoms with Crippen molar-refractivity contribution in [2.45, 2.75) is 52.2 Å². The van der Waals surface area contributed by atoms with Crippen LogP contribution in [0.15, 0.2) is 30.3 Å². The molecule has 0 unspecified atom stereocenters. The Balaban J connectivity index is 2.88. The number of benzene rings is 1. The molecular weight excluding hydrogens is 380 g/mol. The fraction of sp³-hybridized carbons (Fsp3) is 0.500. The van der Waals surface area contributed by atoms with Crippen LogP contribution in [0, 0.1) is 5.92 Å². The number of carbonyl (C=O) groups excluding carboxylic acids is 3. The van der Waals surface area contributed by atoms with E-state index < -0.39 is 41.8 Å². The molecule has 1 rings (SSSR count). The molecule has 160 valence electrons. The lowest BCUT2D eigenvalue weighted by Crippen LogP contribution is -2.62. The van der Waals surface area contributed by atoms with Crippen LogP contribution < -0.4 is 10.6 Å². The maximum Gasteiger partial charge on any atom is 0.415 e. The van der Waals surface area contributed by atoms with Gasteiger partial charge in [0.1, 0.15) is 5.60 Å². The molecule has 29 heavy (non-hydrogen) atoms. The lowest BCUT2D eigenvalue weighted by molar-refractivity contribution is -0.145. The Morgan fingerprint density at radius 2 is 1.62 bits per heavy atom. The normalized spacial score (nSPS) is 13.2. The third kappa shape index (κ3) is 8.20. The number of aliphatic carboxylic acids is 1. The van der Waals surface area contributed by atoms with Gasteiger partial charge >= 0.3 is 24.1 Å². The highest BCUT2D eigenvalue weighted by Crippen LogP contribution is 2.19. The molecule has 2 amide bonds. The van der Waals surface area contributed by atoms with Crippen molar-refractivity contribution in [2.75, 3.05) is 6.54 Å². The van der Waals surface area contributed by atoms with Crippen LogP contribution in [0.2, 0.25) is 0 Å². The van der Waals surface area contributed by atoms with E-state index in [1.165, 1.54) is 12.1 Å². The average molecular weight is 408 g/mol. The van der Waals surface area contributed by atoms with Crippen LogP contribution in [-0.2, 0) is 14.3 Å². The summed E-state index contributed by atoms with van der Waals surface area (Å²) >= 11 is 0. The molecule has 0 bridgehead atoms. The van der Waals surface area contributed by atoms with E-state index in [1.54, 1.807) is 52.8 Å². The van der Waals surface area contributed by atoms with Crippen molar-refractivity contribution in [1.29, 1.82) is 0 Å². The summed E-state index contributed by atoms with van der Waals surface area (Å²) in [7, 11) is 0. The molecule has 0 aliphatic carbocycles. The summed E-state index contributed by atoms with van der Waals surface area (Å²) < 4.78 is 9.82. The van der Waals surface area contributed by atoms with Crippen LogP contribution >= 0.6 is 0 Å². The van der Waals surface area contributed by atoms with Crippen molar-refractivity contribution in [3.8, 4) is 0 Å². The third-order valence-corrected chi connectivity index (χ3v) is 3.64. The lowest BCUT2D eigenvalue weighted by Gasteiger charge is -2.33. The summed E-state index contributed by atoms with van der Waals surface area (Å²) in [4.78, 5) is 48.1. The second kappa shape index (κ2) is 9.90. The minimum atomic E-state index is -1.84. The van der Waals surface area contributed by atoms with E-state index in [0.717, 1.165) is 0 Å². The van der Waals surface area contributed by atoms with E-state index in [0.29, 0.717) is 0 Å². The van der Waals surface area contributed by atoms with Crippen molar-refractivity contribution in [2.24, 2.45) is 5.92 Å². The molecular formula is C20H28N2O7. The predicted octanol–water partition coefficient (Wildman–Crippen LogP) is 2.95. The molecule has 0 saturated carbocycles. The molecule has 9 heteroatoms. The quantitative estimate of drug-likeness (QED) is 0.467. The van der Waals surface area contributed by atoms with Gasteiger partial charge in [0.25, 0.3) is 0 Å². The highest BCUT2D eigenvalue weighted by atomic mass is 16.6. The smallest absolute Gasteiger partial charge is 0.415 e. The Hall–Kier alpha value is -3.10. The maximum atomic E-state index is 12.2. The maximum absolute atomic E-state index is 12.2. The predicted molar refractivity (Wildman–Crippen MR) is 104 cm³/mol. The second-order valence-corrected chi connectivity index (χ2v) is 8.01. The van der Waals surface area contributed by atoms with E-state index in [-0.39, 0.29) is 17.9 Å². The molecule has 0 radical (unpaired) electrons. The fourth-order valence-electron chi connectivity index (χ4n) is 2.56. The molecule has 1 aromatic carbocycles. The Labute approximate surface area is 169 Å². The first-order valence-electron chi connectivity index (χ1n) is 9.14. The number of nitrogens with one attached hydrogen (secondary N) is 2. The van der Waals surface area contributed by atoms with E-state index >= 15 is 0 Å². The molecule has 0 aromatic heterocycles. The topological polar surface area (TPSA) is 131 Å². The Kier molecular flexibility index (Phi) is 8.17. The van der Waals surface area contributed by atoms with Crippen molar-refractivity contribution in [1.82, 2.24) is 10.6 Å². The number of hydrogen-bond acceptors (Lipinski definition) is 6. The van der Waals surface area contributed by atoms with Gasteiger partial charge in [-0.15, -0.1) is 0 Å². The standard InChI is InChI=1S/C20H28N2O7/c1-13(2)11-20(16(24)25,22-18(27)29-19(3,4)5)12-21-17(26)28-15(23)14-9-7-6-8-10-14/h6-10,13H,11-12H2,1-5H3,(H,21,26)(H,22,27)(H,24,25)/t20-/m0/s1. The molecule has 0 spiro atoms. The van der Waals surface area contributed by atoms with Crippen LogP contribution in [0.3, 0.4) is 0 Å². The van der Waals surface area contributed by atoms with Gasteiger partial charge in [0, 0.05) is 0 Å². The number of carboxylic acid groups (broad SMARTS) is 1. The molecule has 1 atom stereocenters. The second-order valence-electron chi connectivity index (χ2n) is 8.01. The van der Waals surface area contributed by atoms with Gasteiger partial charge < -0.3 is 25.2 Å². The first kappa shape index (κ1) is 23.9. The van der Waals surface area contributed by atoms with Gasteiger partial charge in [0.15, 0.2) is 5.54 Å². The van der Waals surface area contributed by atoms with E-state index in [1.807, 2.05) is 0 Å². The first-order chi connectivity index (χ1) is 13.3. The van der Waals surface area contributed by atoms with E-state index in [4.69, 9.17) is 4.74 Å². The van der Waals surface area contributed by atoms with Crippen LogP contribution in [0.1, 0.15) is 51.4 Å². The zero-order chi connectivity index (χ0) is 22.2. The van der Waals surface area contributed by atoms with E-state index in [2.05, 4.69) is 15.4 Å². The molecule has 3 N–H and O–H groups in total. The van der Waals surface area contributed by atoms with Gasteiger partial charge in [-0.1, -0.05) is 32.0 Å². The van der Waals surface area contributed by atoms with Crippen LogP contribution in [0.5, 0.6) is 0 Å². The molecule has 0 heterocycles. The summed E-state index contributed by atoms with van der Waals surface area (Å²) in [5, 5.41) is 14.4. The minimum absolute atomic E-state index is 0.00842. The summed E-state index contributed by atoms with van der Waals surface area (Å²) in [5.74, 6) is -2.37. The van der Waals surface area contributed by atoms with Gasteiger partial charge in [0.2, 0.25) is 0 Å². The summed E-state index contributed by atoms with van der Waals surface area (Å²) in [6, 6.07) is 7.86. The van der Waals surface area contributed by atoms with Gasteiger partial charge in [-0.05, 0) is 45.2 Å². The number of carboxylic acids is 1. The number of alkyl carbamates (subject to hydrolysis) is 2. The number of esters is 1. The van der Waals surface area contributed by atoms with Gasteiger partial charge in [-0.3, -0.25) is 0 Å². The molecule has 1 aromatic rings. The summed E-state index contributed by atoms with van der Waals surface area (Å²) in [5.41, 5.74) is -2.51. The largest absolute Gasteiger partial charge is 0.479 e. The number of amides is 2. The monoisotopic (exact) mass is 408 g/mol. The highest BCUT2D eigenvalue weighted by Gasteiger charge is 2.42. The van der Waals surface area contributed by atoms with Crippen LogP contribution in [-0.4, -0.2) is 46.9 Å². The van der Waals surface area contributed by atoms with Crippen LogP contribution in [0.4, 0.5) is 9.59 Å². The highest BCUT2D eigenvalue weighted by molar-refractivity contribution is 5.96. The van der Waals surface area contributed by atoms with E-state index in [9.17, 15) is 24.3 Å². The molecule has 0 aliphatic rings. The fourth-order valence-corrected chi connectivity index (χ4v) is 2.56. The number of carbonyl (C=O) groups is 4. The van der Waals surface area contributed by atoms with Crippen molar-refractivity contribution in [3.05, 3.63) is 35.9 Å². The minimum Gasteiger partial charge on any atom is -0.479 e. The molecule has 0 aliphatic heterocycles. The molecule has 9 nitrogen and oxygen atoms in total. The lowest BCUT2D eigenvalue weighted by atomic mass is 9.88. The van der Waals surface area contributed by atoms with Crippen molar-refractivity contribution >= 4 is 24.1 Å². The van der Waals surface area contributed by atoms with Crippen molar-refractivity contribution in [3.63, 3.8) is 0 Å². The molecule has 0 saturated heterocycles. The zero-order valence-electron chi connectivity index (χ0n) is 17.3. The first-order valence-corrected chi connectivity index (χ1v) is 9.14.